The zero-order valence-corrected chi connectivity index (χ0v) is 24.1. The van der Waals surface area contributed by atoms with Crippen LogP contribution >= 0.6 is 11.3 Å². The van der Waals surface area contributed by atoms with Crippen molar-refractivity contribution in [1.82, 2.24) is 0 Å². The Balaban J connectivity index is 1.41. The van der Waals surface area contributed by atoms with E-state index in [-0.39, 0.29) is 0 Å². The van der Waals surface area contributed by atoms with E-state index >= 15 is 0 Å². The number of benzene rings is 9. The van der Waals surface area contributed by atoms with Crippen molar-refractivity contribution in [2.75, 3.05) is 0 Å². The number of hydrogen-bond acceptors (Lipinski definition) is 1. The Bertz CT molecular complexity index is 2670. The number of thiophene rings is 1. The normalized spacial score (nSPS) is 12.2. The van der Waals surface area contributed by atoms with E-state index in [1.54, 1.807) is 0 Å². The van der Waals surface area contributed by atoms with Crippen molar-refractivity contribution in [2.45, 2.75) is 0 Å². The summed E-state index contributed by atoms with van der Waals surface area (Å²) < 4.78 is 2.67. The fourth-order valence-corrected chi connectivity index (χ4v) is 8.79. The van der Waals surface area contributed by atoms with E-state index in [2.05, 4.69) is 146 Å². The van der Waals surface area contributed by atoms with Crippen molar-refractivity contribution < 1.29 is 0 Å². The molecule has 0 bridgehead atoms. The van der Waals surface area contributed by atoms with Gasteiger partial charge in [0.15, 0.2) is 0 Å². The third-order valence-corrected chi connectivity index (χ3v) is 10.5. The quantitative estimate of drug-likeness (QED) is 0.146. The Morgan fingerprint density at radius 2 is 0.814 bits per heavy atom. The van der Waals surface area contributed by atoms with Crippen LogP contribution < -0.4 is 0 Å². The van der Waals surface area contributed by atoms with Gasteiger partial charge in [0.2, 0.25) is 0 Å². The van der Waals surface area contributed by atoms with Gasteiger partial charge in [-0.25, -0.2) is 0 Å². The summed E-state index contributed by atoms with van der Waals surface area (Å²) in [7, 11) is 0. The highest BCUT2D eigenvalue weighted by atomic mass is 32.1. The number of rotatable bonds is 2. The maximum atomic E-state index is 2.44. The topological polar surface area (TPSA) is 0 Å². The average Bonchev–Trinajstić information content (AvgIpc) is 3.45. The van der Waals surface area contributed by atoms with Gasteiger partial charge >= 0.3 is 0 Å². The second kappa shape index (κ2) is 8.64. The molecule has 0 N–H and O–H groups in total. The highest BCUT2D eigenvalue weighted by Crippen LogP contribution is 2.50. The van der Waals surface area contributed by atoms with Crippen LogP contribution in [-0.2, 0) is 0 Å². The van der Waals surface area contributed by atoms with Gasteiger partial charge in [0.05, 0.1) is 0 Å². The van der Waals surface area contributed by atoms with Gasteiger partial charge in [-0.2, -0.15) is 0 Å². The van der Waals surface area contributed by atoms with Crippen molar-refractivity contribution in [3.63, 3.8) is 0 Å². The predicted octanol–water partition coefficient (Wildman–Crippen LogP) is 12.6. The summed E-state index contributed by atoms with van der Waals surface area (Å²) in [6, 6.07) is 54.2. The number of hydrogen-bond donors (Lipinski definition) is 0. The SMILES string of the molecule is c1cc2ccc3cccc4c(-c5c6ccccc6c(-c6cccc7sc8ccccc8c67)c6ccccc56)cc(c1)c2c34. The van der Waals surface area contributed by atoms with Gasteiger partial charge in [-0.3, -0.25) is 0 Å². The molecule has 198 valence electrons. The second-order valence-corrected chi connectivity index (χ2v) is 12.7. The first-order valence-electron chi connectivity index (χ1n) is 14.9. The minimum absolute atomic E-state index is 1.29. The maximum Gasteiger partial charge on any atom is 0.0361 e. The third-order valence-electron chi connectivity index (χ3n) is 9.38. The van der Waals surface area contributed by atoms with E-state index in [0.717, 1.165) is 0 Å². The Labute approximate surface area is 252 Å². The van der Waals surface area contributed by atoms with Gasteiger partial charge < -0.3 is 0 Å². The fraction of sp³-hybridized carbons (Fsp3) is 0. The molecular weight excluding hydrogens is 537 g/mol. The Hall–Kier alpha value is -5.24. The molecule has 0 unspecified atom stereocenters. The van der Waals surface area contributed by atoms with Crippen LogP contribution in [0.25, 0.3) is 96.3 Å². The van der Waals surface area contributed by atoms with Crippen LogP contribution in [0.3, 0.4) is 0 Å². The van der Waals surface area contributed by atoms with Crippen LogP contribution in [0.1, 0.15) is 0 Å². The van der Waals surface area contributed by atoms with Gasteiger partial charge in [0.25, 0.3) is 0 Å². The molecule has 0 fully saturated rings. The molecular formula is C42H24S. The summed E-state index contributed by atoms with van der Waals surface area (Å²) in [5.41, 5.74) is 5.25. The van der Waals surface area contributed by atoms with Gasteiger partial charge in [0, 0.05) is 20.2 Å². The summed E-state index contributed by atoms with van der Waals surface area (Å²) in [6.45, 7) is 0. The molecule has 0 radical (unpaired) electrons. The van der Waals surface area contributed by atoms with Crippen molar-refractivity contribution >= 4 is 85.4 Å². The molecule has 1 heterocycles. The van der Waals surface area contributed by atoms with Crippen LogP contribution in [0.15, 0.2) is 146 Å². The molecule has 0 aliphatic carbocycles. The fourth-order valence-electron chi connectivity index (χ4n) is 7.66. The van der Waals surface area contributed by atoms with Crippen LogP contribution in [-0.4, -0.2) is 0 Å². The second-order valence-electron chi connectivity index (χ2n) is 11.6. The molecule has 1 heteroatoms. The lowest BCUT2D eigenvalue weighted by Gasteiger charge is -2.21. The molecule has 10 rings (SSSR count). The highest BCUT2D eigenvalue weighted by molar-refractivity contribution is 7.25. The molecule has 0 atom stereocenters. The van der Waals surface area contributed by atoms with Crippen molar-refractivity contribution in [3.8, 4) is 22.3 Å². The lowest BCUT2D eigenvalue weighted by molar-refractivity contribution is 1.71. The minimum Gasteiger partial charge on any atom is -0.135 e. The smallest absolute Gasteiger partial charge is 0.0361 e. The van der Waals surface area contributed by atoms with Gasteiger partial charge in [-0.05, 0) is 94.3 Å². The summed E-state index contributed by atoms with van der Waals surface area (Å²) in [5, 5.41) is 15.8. The van der Waals surface area contributed by atoms with Crippen molar-refractivity contribution in [1.29, 1.82) is 0 Å². The first-order chi connectivity index (χ1) is 21.3. The number of fused-ring (bicyclic) bond motifs is 5. The molecule has 0 saturated heterocycles. The first-order valence-corrected chi connectivity index (χ1v) is 15.7. The Kier molecular flexibility index (Phi) is 4.69. The Morgan fingerprint density at radius 3 is 1.53 bits per heavy atom. The summed E-state index contributed by atoms with van der Waals surface area (Å²) in [5.74, 6) is 0. The van der Waals surface area contributed by atoms with E-state index in [0.29, 0.717) is 0 Å². The molecule has 1 aromatic heterocycles. The van der Waals surface area contributed by atoms with Crippen molar-refractivity contribution in [3.05, 3.63) is 146 Å². The monoisotopic (exact) mass is 560 g/mol. The lowest BCUT2D eigenvalue weighted by Crippen LogP contribution is -1.93. The molecule has 0 nitrogen and oxygen atoms in total. The minimum atomic E-state index is 1.29. The summed E-state index contributed by atoms with van der Waals surface area (Å²) >= 11 is 1.89. The van der Waals surface area contributed by atoms with Crippen LogP contribution in [0.2, 0.25) is 0 Å². The van der Waals surface area contributed by atoms with Crippen LogP contribution in [0, 0.1) is 0 Å². The molecule has 0 amide bonds. The standard InChI is InChI=1S/C42H24S/c1-3-15-30-28(13-1)40(34-19-9-21-37-42(34)33-17-5-6-20-36(33)43-37)29-14-2-4-16-31(29)41(30)35-24-27-12-7-10-25-22-23-26-11-8-18-32(35)39(26)38(25)27/h1-24H. The van der Waals surface area contributed by atoms with Crippen LogP contribution in [0.5, 0.6) is 0 Å². The molecule has 0 aliphatic rings. The first kappa shape index (κ1) is 23.3. The van der Waals surface area contributed by atoms with E-state index in [1.165, 1.54) is 96.3 Å². The molecule has 0 aliphatic heterocycles. The average molecular weight is 561 g/mol. The predicted molar refractivity (Wildman–Crippen MR) is 189 cm³/mol. The van der Waals surface area contributed by atoms with Gasteiger partial charge in [0.1, 0.15) is 0 Å². The van der Waals surface area contributed by atoms with E-state index < -0.39 is 0 Å². The summed E-state index contributed by atoms with van der Waals surface area (Å²) in [4.78, 5) is 0. The molecule has 0 spiro atoms. The van der Waals surface area contributed by atoms with Gasteiger partial charge in [-0.1, -0.05) is 127 Å². The molecule has 43 heavy (non-hydrogen) atoms. The summed E-state index contributed by atoms with van der Waals surface area (Å²) in [6.07, 6.45) is 0. The zero-order chi connectivity index (χ0) is 28.1. The Morgan fingerprint density at radius 1 is 0.302 bits per heavy atom. The van der Waals surface area contributed by atoms with Gasteiger partial charge in [-0.15, -0.1) is 11.3 Å². The largest absolute Gasteiger partial charge is 0.135 e. The molecule has 10 aromatic rings. The van der Waals surface area contributed by atoms with Crippen LogP contribution in [0.4, 0.5) is 0 Å². The molecule has 0 saturated carbocycles. The third kappa shape index (κ3) is 3.15. The lowest BCUT2D eigenvalue weighted by atomic mass is 9.82. The highest BCUT2D eigenvalue weighted by Gasteiger charge is 2.21. The zero-order valence-electron chi connectivity index (χ0n) is 23.3. The van der Waals surface area contributed by atoms with E-state index in [1.807, 2.05) is 11.3 Å². The molecule has 9 aromatic carbocycles. The maximum absolute atomic E-state index is 2.44. The van der Waals surface area contributed by atoms with Crippen molar-refractivity contribution in [2.24, 2.45) is 0 Å². The van der Waals surface area contributed by atoms with E-state index in [9.17, 15) is 0 Å². The van der Waals surface area contributed by atoms with E-state index in [4.69, 9.17) is 0 Å².